The Hall–Kier alpha value is -1.55. The summed E-state index contributed by atoms with van der Waals surface area (Å²) in [6.45, 7) is 3.37. The maximum Gasteiger partial charge on any atom is 0.338 e. The normalized spacial score (nSPS) is 10.4. The van der Waals surface area contributed by atoms with Crippen molar-refractivity contribution in [2.45, 2.75) is 45.4 Å². The zero-order valence-electron chi connectivity index (χ0n) is 12.8. The average Bonchev–Trinajstić information content (AvgIpc) is 2.52. The van der Waals surface area contributed by atoms with E-state index in [9.17, 15) is 4.79 Å². The third-order valence-corrected chi connectivity index (χ3v) is 3.14. The first-order chi connectivity index (χ1) is 10.3. The van der Waals surface area contributed by atoms with Crippen LogP contribution in [-0.4, -0.2) is 30.9 Å². The quantitative estimate of drug-likeness (QED) is 0.500. The van der Waals surface area contributed by atoms with Gasteiger partial charge in [-0.05, 0) is 43.5 Å². The summed E-state index contributed by atoms with van der Waals surface area (Å²) in [4.78, 5) is 11.7. The van der Waals surface area contributed by atoms with E-state index in [2.05, 4.69) is 6.92 Å². The zero-order valence-corrected chi connectivity index (χ0v) is 12.8. The van der Waals surface area contributed by atoms with Crippen LogP contribution >= 0.6 is 0 Å². The van der Waals surface area contributed by atoms with Crippen LogP contribution < -0.4 is 4.74 Å². The molecule has 1 aromatic carbocycles. The van der Waals surface area contributed by atoms with Gasteiger partial charge in [0.1, 0.15) is 5.75 Å². The molecular formula is C17H26O4. The van der Waals surface area contributed by atoms with E-state index in [1.165, 1.54) is 19.3 Å². The number of benzene rings is 1. The molecule has 0 saturated carbocycles. The highest BCUT2D eigenvalue weighted by molar-refractivity contribution is 5.89. The van der Waals surface area contributed by atoms with E-state index in [1.807, 2.05) is 0 Å². The Morgan fingerprint density at radius 3 is 2.38 bits per heavy atom. The van der Waals surface area contributed by atoms with Crippen molar-refractivity contribution in [2.75, 3.05) is 19.8 Å². The number of carbonyl (C=O) groups is 1. The van der Waals surface area contributed by atoms with Gasteiger partial charge in [0.2, 0.25) is 0 Å². The molecule has 0 aliphatic heterocycles. The fourth-order valence-corrected chi connectivity index (χ4v) is 1.87. The van der Waals surface area contributed by atoms with Gasteiger partial charge < -0.3 is 14.6 Å². The Balaban J connectivity index is 2.27. The third-order valence-electron chi connectivity index (χ3n) is 3.14. The monoisotopic (exact) mass is 294 g/mol. The van der Waals surface area contributed by atoms with Crippen LogP contribution in [0.5, 0.6) is 5.75 Å². The Morgan fingerprint density at radius 2 is 1.71 bits per heavy atom. The summed E-state index contributed by atoms with van der Waals surface area (Å²) in [6.07, 6.45) is 6.04. The van der Waals surface area contributed by atoms with Crippen LogP contribution in [0, 0.1) is 0 Å². The van der Waals surface area contributed by atoms with Crippen molar-refractivity contribution in [3.05, 3.63) is 29.8 Å². The number of hydrogen-bond acceptors (Lipinski definition) is 4. The number of aliphatic hydroxyl groups excluding tert-OH is 1. The van der Waals surface area contributed by atoms with Crippen LogP contribution in [0.2, 0.25) is 0 Å². The molecule has 0 fully saturated rings. The predicted molar refractivity (Wildman–Crippen MR) is 82.7 cm³/mol. The van der Waals surface area contributed by atoms with E-state index in [-0.39, 0.29) is 12.6 Å². The fourth-order valence-electron chi connectivity index (χ4n) is 1.87. The molecule has 0 radical (unpaired) electrons. The van der Waals surface area contributed by atoms with Gasteiger partial charge in [0, 0.05) is 6.61 Å². The Bertz CT molecular complexity index is 386. The van der Waals surface area contributed by atoms with Crippen LogP contribution in [0.15, 0.2) is 24.3 Å². The SMILES string of the molecule is CCCCCCOc1ccc(C(=O)OCCCCO)cc1. The van der Waals surface area contributed by atoms with E-state index in [0.29, 0.717) is 31.6 Å². The highest BCUT2D eigenvalue weighted by Crippen LogP contribution is 2.14. The second kappa shape index (κ2) is 11.1. The highest BCUT2D eigenvalue weighted by Gasteiger charge is 2.06. The number of aliphatic hydroxyl groups is 1. The Labute approximate surface area is 127 Å². The topological polar surface area (TPSA) is 55.8 Å². The summed E-state index contributed by atoms with van der Waals surface area (Å²) in [5.41, 5.74) is 0.525. The molecule has 0 heterocycles. The van der Waals surface area contributed by atoms with E-state index in [4.69, 9.17) is 14.6 Å². The van der Waals surface area contributed by atoms with Gasteiger partial charge in [-0.2, -0.15) is 0 Å². The summed E-state index contributed by atoms with van der Waals surface area (Å²) >= 11 is 0. The molecule has 0 spiro atoms. The molecule has 1 N–H and O–H groups in total. The number of ether oxygens (including phenoxy) is 2. The molecule has 0 saturated heterocycles. The van der Waals surface area contributed by atoms with Gasteiger partial charge in [-0.15, -0.1) is 0 Å². The number of carbonyl (C=O) groups excluding carboxylic acids is 1. The van der Waals surface area contributed by atoms with Gasteiger partial charge in [-0.3, -0.25) is 0 Å². The van der Waals surface area contributed by atoms with Crippen molar-refractivity contribution in [1.82, 2.24) is 0 Å². The van der Waals surface area contributed by atoms with Crippen LogP contribution in [0.1, 0.15) is 55.8 Å². The van der Waals surface area contributed by atoms with E-state index < -0.39 is 0 Å². The zero-order chi connectivity index (χ0) is 15.3. The maximum absolute atomic E-state index is 11.7. The van der Waals surface area contributed by atoms with E-state index in [0.717, 1.165) is 12.2 Å². The van der Waals surface area contributed by atoms with Crippen LogP contribution in [0.3, 0.4) is 0 Å². The van der Waals surface area contributed by atoms with Gasteiger partial charge in [0.15, 0.2) is 0 Å². The molecular weight excluding hydrogens is 268 g/mol. The maximum atomic E-state index is 11.7. The molecule has 4 nitrogen and oxygen atoms in total. The first-order valence-electron chi connectivity index (χ1n) is 7.78. The lowest BCUT2D eigenvalue weighted by Crippen LogP contribution is -2.07. The molecule has 1 rings (SSSR count). The van der Waals surface area contributed by atoms with Crippen molar-refractivity contribution >= 4 is 5.97 Å². The van der Waals surface area contributed by atoms with Crippen molar-refractivity contribution in [3.8, 4) is 5.75 Å². The van der Waals surface area contributed by atoms with Crippen molar-refractivity contribution in [1.29, 1.82) is 0 Å². The molecule has 1 aromatic rings. The van der Waals surface area contributed by atoms with E-state index in [1.54, 1.807) is 24.3 Å². The molecule has 0 amide bonds. The Morgan fingerprint density at radius 1 is 1.00 bits per heavy atom. The van der Waals surface area contributed by atoms with Gasteiger partial charge in [-0.25, -0.2) is 4.79 Å². The largest absolute Gasteiger partial charge is 0.494 e. The van der Waals surface area contributed by atoms with E-state index >= 15 is 0 Å². The number of esters is 1. The van der Waals surface area contributed by atoms with Gasteiger partial charge in [0.25, 0.3) is 0 Å². The summed E-state index contributed by atoms with van der Waals surface area (Å²) in [7, 11) is 0. The summed E-state index contributed by atoms with van der Waals surface area (Å²) in [5.74, 6) is 0.450. The molecule has 0 aromatic heterocycles. The van der Waals surface area contributed by atoms with Crippen LogP contribution in [-0.2, 0) is 4.74 Å². The molecule has 118 valence electrons. The Kier molecular flexibility index (Phi) is 9.29. The second-order valence-electron chi connectivity index (χ2n) is 5.00. The lowest BCUT2D eigenvalue weighted by Gasteiger charge is -2.07. The van der Waals surface area contributed by atoms with Crippen molar-refractivity contribution < 1.29 is 19.4 Å². The lowest BCUT2D eigenvalue weighted by molar-refractivity contribution is 0.0492. The lowest BCUT2D eigenvalue weighted by atomic mass is 10.2. The number of unbranched alkanes of at least 4 members (excludes halogenated alkanes) is 4. The molecule has 0 aliphatic carbocycles. The highest BCUT2D eigenvalue weighted by atomic mass is 16.5. The minimum absolute atomic E-state index is 0.127. The predicted octanol–water partition coefficient (Wildman–Crippen LogP) is 3.58. The second-order valence-corrected chi connectivity index (χ2v) is 5.00. The fraction of sp³-hybridized carbons (Fsp3) is 0.588. The molecule has 0 unspecified atom stereocenters. The summed E-state index contributed by atoms with van der Waals surface area (Å²) < 4.78 is 10.7. The number of rotatable bonds is 11. The molecule has 0 aliphatic rings. The van der Waals surface area contributed by atoms with Gasteiger partial charge in [0.05, 0.1) is 18.8 Å². The number of hydrogen-bond donors (Lipinski definition) is 1. The van der Waals surface area contributed by atoms with Crippen molar-refractivity contribution in [3.63, 3.8) is 0 Å². The van der Waals surface area contributed by atoms with Gasteiger partial charge in [-0.1, -0.05) is 26.2 Å². The van der Waals surface area contributed by atoms with Crippen molar-refractivity contribution in [2.24, 2.45) is 0 Å². The van der Waals surface area contributed by atoms with Gasteiger partial charge >= 0.3 is 5.97 Å². The molecule has 0 atom stereocenters. The smallest absolute Gasteiger partial charge is 0.338 e. The third kappa shape index (κ3) is 7.71. The molecule has 21 heavy (non-hydrogen) atoms. The first-order valence-corrected chi connectivity index (χ1v) is 7.78. The van der Waals surface area contributed by atoms with Crippen LogP contribution in [0.4, 0.5) is 0 Å². The standard InChI is InChI=1S/C17H26O4/c1-2-3-4-6-13-20-16-10-8-15(9-11-16)17(19)21-14-7-5-12-18/h8-11,18H,2-7,12-14H2,1H3. The minimum atomic E-state index is -0.331. The minimum Gasteiger partial charge on any atom is -0.494 e. The first kappa shape index (κ1) is 17.5. The molecule has 0 bridgehead atoms. The van der Waals surface area contributed by atoms with Crippen LogP contribution in [0.25, 0.3) is 0 Å². The summed E-state index contributed by atoms with van der Waals surface area (Å²) in [6, 6.07) is 7.03. The average molecular weight is 294 g/mol. The molecule has 4 heteroatoms. The summed E-state index contributed by atoms with van der Waals surface area (Å²) in [5, 5.41) is 8.64.